The zero-order valence-electron chi connectivity index (χ0n) is 14.6. The van der Waals surface area contributed by atoms with Crippen molar-refractivity contribution in [2.24, 2.45) is 0 Å². The Balaban J connectivity index is 1.98. The topological polar surface area (TPSA) is 66.9 Å². The summed E-state index contributed by atoms with van der Waals surface area (Å²) >= 11 is 12.0. The van der Waals surface area contributed by atoms with Crippen molar-refractivity contribution in [3.63, 3.8) is 0 Å². The third-order valence-electron chi connectivity index (χ3n) is 3.77. The van der Waals surface area contributed by atoms with E-state index in [4.69, 9.17) is 23.2 Å². The summed E-state index contributed by atoms with van der Waals surface area (Å²) in [6, 6.07) is 7.25. The number of aromatic nitrogens is 2. The fourth-order valence-electron chi connectivity index (χ4n) is 2.20. The number of nitrogens with zero attached hydrogens (tertiary/aromatic N) is 2. The lowest BCUT2D eigenvalue weighted by atomic mass is 10.1. The number of hydrogen-bond donors (Lipinski definition) is 2. The molecule has 0 aliphatic carbocycles. The molecular weight excluding hydrogens is 359 g/mol. The van der Waals surface area contributed by atoms with Crippen LogP contribution in [0.15, 0.2) is 24.3 Å². The quantitative estimate of drug-likeness (QED) is 0.752. The van der Waals surface area contributed by atoms with E-state index in [9.17, 15) is 4.79 Å². The predicted octanol–water partition coefficient (Wildman–Crippen LogP) is 4.27. The number of halogens is 2. The number of amides is 1. The maximum absolute atomic E-state index is 12.4. The molecule has 0 saturated carbocycles. The Kier molecular flexibility index (Phi) is 7.02. The lowest BCUT2D eigenvalue weighted by Crippen LogP contribution is -2.27. The number of rotatable bonds is 7. The van der Waals surface area contributed by atoms with Gasteiger partial charge in [0, 0.05) is 28.3 Å². The Hall–Kier alpha value is -1.85. The third-order valence-corrected chi connectivity index (χ3v) is 4.36. The van der Waals surface area contributed by atoms with E-state index in [1.807, 2.05) is 19.9 Å². The number of benzene rings is 1. The summed E-state index contributed by atoms with van der Waals surface area (Å²) < 4.78 is 0. The van der Waals surface area contributed by atoms with Crippen LogP contribution in [0.4, 0.5) is 5.95 Å². The summed E-state index contributed by atoms with van der Waals surface area (Å²) in [5.41, 5.74) is 2.02. The molecule has 1 amide bonds. The van der Waals surface area contributed by atoms with Crippen LogP contribution in [-0.4, -0.2) is 28.5 Å². The second-order valence-corrected chi connectivity index (χ2v) is 6.76. The van der Waals surface area contributed by atoms with Crippen LogP contribution in [0.1, 0.15) is 42.0 Å². The summed E-state index contributed by atoms with van der Waals surface area (Å²) in [5, 5.41) is 7.24. The highest BCUT2D eigenvalue weighted by molar-refractivity contribution is 6.35. The van der Waals surface area contributed by atoms with Crippen LogP contribution < -0.4 is 10.6 Å². The molecule has 0 aliphatic rings. The average Bonchev–Trinajstić information content (AvgIpc) is 2.56. The number of aryl methyl sites for hydroxylation is 1. The Morgan fingerprint density at radius 1 is 1.24 bits per heavy atom. The van der Waals surface area contributed by atoms with Gasteiger partial charge in [-0.1, -0.05) is 36.2 Å². The summed E-state index contributed by atoms with van der Waals surface area (Å²) in [4.78, 5) is 21.0. The van der Waals surface area contributed by atoms with Gasteiger partial charge in [-0.05, 0) is 50.5 Å². The van der Waals surface area contributed by atoms with Crippen LogP contribution in [0.5, 0.6) is 0 Å². The van der Waals surface area contributed by atoms with E-state index in [0.29, 0.717) is 34.7 Å². The standard InChI is InChI=1S/C18H22Cl2N4O/c1-4-11(2)22-18-23-12(3)9-16(24-18)17(25)21-8-7-13-5-6-14(19)10-15(13)20/h5-6,9-11H,4,7-8H2,1-3H3,(H,21,25)(H,22,23,24). The van der Waals surface area contributed by atoms with E-state index in [2.05, 4.69) is 27.5 Å². The van der Waals surface area contributed by atoms with Gasteiger partial charge < -0.3 is 10.6 Å². The number of hydrogen-bond acceptors (Lipinski definition) is 4. The third kappa shape index (κ3) is 5.87. The van der Waals surface area contributed by atoms with Gasteiger partial charge in [0.05, 0.1) is 0 Å². The zero-order valence-corrected chi connectivity index (χ0v) is 16.1. The molecule has 7 heteroatoms. The predicted molar refractivity (Wildman–Crippen MR) is 103 cm³/mol. The molecule has 0 saturated heterocycles. The molecule has 1 aromatic heterocycles. The highest BCUT2D eigenvalue weighted by Crippen LogP contribution is 2.21. The van der Waals surface area contributed by atoms with Gasteiger partial charge in [0.25, 0.3) is 5.91 Å². The maximum atomic E-state index is 12.4. The molecule has 0 radical (unpaired) electrons. The normalized spacial score (nSPS) is 11.9. The Morgan fingerprint density at radius 3 is 2.68 bits per heavy atom. The first-order chi connectivity index (χ1) is 11.9. The van der Waals surface area contributed by atoms with E-state index in [1.165, 1.54) is 0 Å². The molecule has 25 heavy (non-hydrogen) atoms. The van der Waals surface area contributed by atoms with Crippen molar-refractivity contribution in [1.29, 1.82) is 0 Å². The molecule has 1 unspecified atom stereocenters. The second kappa shape index (κ2) is 9.02. The number of nitrogens with one attached hydrogen (secondary N) is 2. The van der Waals surface area contributed by atoms with Gasteiger partial charge in [-0.3, -0.25) is 4.79 Å². The first-order valence-electron chi connectivity index (χ1n) is 8.23. The molecule has 2 rings (SSSR count). The molecule has 2 aromatic rings. The SMILES string of the molecule is CCC(C)Nc1nc(C)cc(C(=O)NCCc2ccc(Cl)cc2Cl)n1. The van der Waals surface area contributed by atoms with Crippen LogP contribution in [0.2, 0.25) is 10.0 Å². The fourth-order valence-corrected chi connectivity index (χ4v) is 2.70. The van der Waals surface area contributed by atoms with Crippen LogP contribution >= 0.6 is 23.2 Å². The molecule has 0 fully saturated rings. The van der Waals surface area contributed by atoms with Crippen LogP contribution in [0.3, 0.4) is 0 Å². The fraction of sp³-hybridized carbons (Fsp3) is 0.389. The van der Waals surface area contributed by atoms with Gasteiger partial charge in [0.15, 0.2) is 0 Å². The number of carbonyl (C=O) groups excluding carboxylic acids is 1. The lowest BCUT2D eigenvalue weighted by molar-refractivity contribution is 0.0949. The van der Waals surface area contributed by atoms with Gasteiger partial charge >= 0.3 is 0 Å². The molecule has 5 nitrogen and oxygen atoms in total. The minimum absolute atomic E-state index is 0.234. The van der Waals surface area contributed by atoms with Crippen molar-refractivity contribution in [3.05, 3.63) is 51.3 Å². The molecule has 0 bridgehead atoms. The van der Waals surface area contributed by atoms with E-state index in [-0.39, 0.29) is 11.9 Å². The number of carbonyl (C=O) groups is 1. The first kappa shape index (κ1) is 19.5. The van der Waals surface area contributed by atoms with Crippen molar-refractivity contribution in [3.8, 4) is 0 Å². The summed E-state index contributed by atoms with van der Waals surface area (Å²) in [5.74, 6) is 0.239. The van der Waals surface area contributed by atoms with Crippen molar-refractivity contribution >= 4 is 35.1 Å². The largest absolute Gasteiger partial charge is 0.352 e. The van der Waals surface area contributed by atoms with Crippen molar-refractivity contribution in [1.82, 2.24) is 15.3 Å². The van der Waals surface area contributed by atoms with Gasteiger partial charge in [-0.15, -0.1) is 0 Å². The number of anilines is 1. The summed E-state index contributed by atoms with van der Waals surface area (Å²) in [7, 11) is 0. The molecule has 1 aromatic carbocycles. The molecular formula is C18H22Cl2N4O. The van der Waals surface area contributed by atoms with Crippen molar-refractivity contribution < 1.29 is 4.79 Å². The second-order valence-electron chi connectivity index (χ2n) is 5.91. The Labute approximate surface area is 158 Å². The molecule has 1 heterocycles. The summed E-state index contributed by atoms with van der Waals surface area (Å²) in [6.45, 7) is 6.41. The molecule has 0 aliphatic heterocycles. The van der Waals surface area contributed by atoms with Gasteiger partial charge in [-0.25, -0.2) is 9.97 Å². The van der Waals surface area contributed by atoms with Crippen LogP contribution in [-0.2, 0) is 6.42 Å². The molecule has 134 valence electrons. The maximum Gasteiger partial charge on any atom is 0.270 e. The first-order valence-corrected chi connectivity index (χ1v) is 8.99. The molecule has 2 N–H and O–H groups in total. The van der Waals surface area contributed by atoms with E-state index in [0.717, 1.165) is 17.7 Å². The Morgan fingerprint density at radius 2 is 2.00 bits per heavy atom. The zero-order chi connectivity index (χ0) is 18.4. The minimum atomic E-state index is -0.234. The van der Waals surface area contributed by atoms with Gasteiger partial charge in [-0.2, -0.15) is 0 Å². The van der Waals surface area contributed by atoms with Crippen molar-refractivity contribution in [2.45, 2.75) is 39.7 Å². The highest BCUT2D eigenvalue weighted by Gasteiger charge is 2.12. The van der Waals surface area contributed by atoms with Crippen molar-refractivity contribution in [2.75, 3.05) is 11.9 Å². The van der Waals surface area contributed by atoms with Gasteiger partial charge in [0.1, 0.15) is 5.69 Å². The minimum Gasteiger partial charge on any atom is -0.352 e. The van der Waals surface area contributed by atoms with E-state index >= 15 is 0 Å². The van der Waals surface area contributed by atoms with E-state index < -0.39 is 0 Å². The highest BCUT2D eigenvalue weighted by atomic mass is 35.5. The molecule has 0 spiro atoms. The molecule has 1 atom stereocenters. The smallest absolute Gasteiger partial charge is 0.270 e. The summed E-state index contributed by atoms with van der Waals surface area (Å²) in [6.07, 6.45) is 1.56. The average molecular weight is 381 g/mol. The van der Waals surface area contributed by atoms with E-state index in [1.54, 1.807) is 18.2 Å². The van der Waals surface area contributed by atoms with Gasteiger partial charge in [0.2, 0.25) is 5.95 Å². The lowest BCUT2D eigenvalue weighted by Gasteiger charge is -2.13. The monoisotopic (exact) mass is 380 g/mol. The van der Waals surface area contributed by atoms with Crippen LogP contribution in [0, 0.1) is 6.92 Å². The Bertz CT molecular complexity index is 752. The van der Waals surface area contributed by atoms with Crippen LogP contribution in [0.25, 0.3) is 0 Å².